The first-order chi connectivity index (χ1) is 3.94. The molecule has 0 heterocycles. The molecule has 0 fully saturated rings. The first-order valence-corrected chi connectivity index (χ1v) is 4.57. The van der Waals surface area contributed by atoms with Crippen molar-refractivity contribution in [2.75, 3.05) is 0 Å². The van der Waals surface area contributed by atoms with Crippen molar-refractivity contribution in [3.63, 3.8) is 0 Å². The number of nitrogens with two attached hydrogens (primary N) is 1. The van der Waals surface area contributed by atoms with Crippen LogP contribution in [0.3, 0.4) is 0 Å². The molecule has 3 nitrogen and oxygen atoms in total. The van der Waals surface area contributed by atoms with Crippen molar-refractivity contribution in [1.29, 1.82) is 0 Å². The lowest BCUT2D eigenvalue weighted by Crippen LogP contribution is -2.22. The molecule has 0 saturated carbocycles. The van der Waals surface area contributed by atoms with Crippen LogP contribution in [0.25, 0.3) is 0 Å². The van der Waals surface area contributed by atoms with Crippen molar-refractivity contribution >= 4 is 10.0 Å². The fourth-order valence-electron chi connectivity index (χ4n) is 0. The average Bonchev–Trinajstić information content (AvgIpc) is 1.69. The summed E-state index contributed by atoms with van der Waals surface area (Å²) in [7, 11) is -3.24. The van der Waals surface area contributed by atoms with Gasteiger partial charge in [0.2, 0.25) is 10.0 Å². The van der Waals surface area contributed by atoms with Gasteiger partial charge in [-0.25, -0.2) is 13.6 Å². The van der Waals surface area contributed by atoms with Crippen LogP contribution >= 0.6 is 0 Å². The smallest absolute Gasteiger partial charge is 0.211 e. The van der Waals surface area contributed by atoms with Gasteiger partial charge in [-0.15, -0.1) is 0 Å². The van der Waals surface area contributed by atoms with Crippen LogP contribution in [0.4, 0.5) is 0 Å². The number of rotatable bonds is 1. The molecule has 0 amide bonds. The van der Waals surface area contributed by atoms with Crippen LogP contribution in [0, 0.1) is 0 Å². The van der Waals surface area contributed by atoms with Crippen molar-refractivity contribution in [2.24, 2.45) is 5.14 Å². The summed E-state index contributed by atoms with van der Waals surface area (Å²) in [4.78, 5) is 0. The minimum atomic E-state index is -3.24. The molecule has 0 aliphatic carbocycles. The fraction of sp³-hybridized carbons (Fsp3) is 1.00. The Hall–Kier alpha value is -0.0900. The monoisotopic (exact) mass is 169 g/mol. The van der Waals surface area contributed by atoms with E-state index in [0.717, 1.165) is 0 Å². The van der Waals surface area contributed by atoms with Gasteiger partial charge in [0.25, 0.3) is 0 Å². The van der Waals surface area contributed by atoms with Crippen molar-refractivity contribution < 1.29 is 8.42 Å². The molecule has 0 bridgehead atoms. The van der Waals surface area contributed by atoms with E-state index < -0.39 is 15.3 Å². The normalized spacial score (nSPS) is 9.40. The summed E-state index contributed by atoms with van der Waals surface area (Å²) in [5.74, 6) is 0. The summed E-state index contributed by atoms with van der Waals surface area (Å²) in [6.07, 6.45) is 0. The molecule has 2 N–H and O–H groups in total. The molecular weight excluding hydrogens is 150 g/mol. The van der Waals surface area contributed by atoms with E-state index in [1.54, 1.807) is 0 Å². The van der Waals surface area contributed by atoms with Gasteiger partial charge in [0.05, 0.1) is 5.25 Å². The topological polar surface area (TPSA) is 60.2 Å². The highest BCUT2D eigenvalue weighted by Crippen LogP contribution is 1.88. The number of hydrogen-bond donors (Lipinski definition) is 1. The Morgan fingerprint density at radius 3 is 1.30 bits per heavy atom. The summed E-state index contributed by atoms with van der Waals surface area (Å²) in [5, 5.41) is 4.20. The maximum Gasteiger partial charge on any atom is 0.211 e. The zero-order valence-corrected chi connectivity index (χ0v) is 7.20. The third-order valence-electron chi connectivity index (χ3n) is 0.657. The molecule has 0 aromatic rings. The van der Waals surface area contributed by atoms with Crippen LogP contribution in [0.2, 0.25) is 0 Å². The third kappa shape index (κ3) is 10.8. The van der Waals surface area contributed by atoms with Gasteiger partial charge in [0.1, 0.15) is 0 Å². The van der Waals surface area contributed by atoms with Gasteiger partial charge in [-0.05, 0) is 13.8 Å². The molecule has 0 spiro atoms. The van der Waals surface area contributed by atoms with Crippen molar-refractivity contribution in [3.8, 4) is 0 Å². The molecule has 4 heteroatoms. The van der Waals surface area contributed by atoms with Gasteiger partial charge in [-0.1, -0.05) is 21.3 Å². The van der Waals surface area contributed by atoms with Crippen LogP contribution in [0.1, 0.15) is 35.1 Å². The van der Waals surface area contributed by atoms with Gasteiger partial charge in [0, 0.05) is 0 Å². The van der Waals surface area contributed by atoms with E-state index in [1.165, 1.54) is 13.8 Å². The second-order valence-corrected chi connectivity index (χ2v) is 3.76. The summed E-state index contributed by atoms with van der Waals surface area (Å²) < 4.78 is 20.2. The van der Waals surface area contributed by atoms with E-state index in [9.17, 15) is 8.42 Å². The molecule has 0 unspecified atom stereocenters. The lowest BCUT2D eigenvalue weighted by molar-refractivity contribution is 0.589. The molecule has 0 atom stereocenters. The Morgan fingerprint density at radius 2 is 1.30 bits per heavy atom. The summed E-state index contributed by atoms with van der Waals surface area (Å²) in [6, 6.07) is 0. The number of sulfonamides is 1. The predicted molar refractivity (Wildman–Crippen MR) is 46.3 cm³/mol. The summed E-state index contributed by atoms with van der Waals surface area (Å²) >= 11 is 0. The van der Waals surface area contributed by atoms with Gasteiger partial charge in [-0.2, -0.15) is 0 Å². The minimum absolute atomic E-state index is 0. The second-order valence-electron chi connectivity index (χ2n) is 1.64. The SMILES string of the molecule is C.CC.CC(C)S(N)(=O)=O. The van der Waals surface area contributed by atoms with E-state index in [2.05, 4.69) is 5.14 Å². The van der Waals surface area contributed by atoms with Crippen LogP contribution in [-0.2, 0) is 10.0 Å². The van der Waals surface area contributed by atoms with E-state index in [4.69, 9.17) is 0 Å². The first kappa shape index (κ1) is 16.5. The molecule has 0 aliphatic heterocycles. The highest BCUT2D eigenvalue weighted by atomic mass is 32.2. The van der Waals surface area contributed by atoms with Gasteiger partial charge in [0.15, 0.2) is 0 Å². The standard InChI is InChI=1S/C3H9NO2S.C2H6.CH4/c1-3(2)7(4,5)6;1-2;/h3H,1-2H3,(H2,4,5,6);1-2H3;1H4. The Balaban J connectivity index is -0.000000149. The molecule has 0 aromatic heterocycles. The largest absolute Gasteiger partial charge is 0.229 e. The average molecular weight is 169 g/mol. The van der Waals surface area contributed by atoms with E-state index in [1.807, 2.05) is 13.8 Å². The minimum Gasteiger partial charge on any atom is -0.229 e. The maximum absolute atomic E-state index is 10.1. The molecule has 0 saturated heterocycles. The van der Waals surface area contributed by atoms with Crippen LogP contribution < -0.4 is 5.14 Å². The molecule has 0 aromatic carbocycles. The highest BCUT2D eigenvalue weighted by Gasteiger charge is 2.06. The van der Waals surface area contributed by atoms with Crippen LogP contribution in [0.5, 0.6) is 0 Å². The zero-order valence-electron chi connectivity index (χ0n) is 6.38. The quantitative estimate of drug-likeness (QED) is 0.644. The second kappa shape index (κ2) is 7.02. The van der Waals surface area contributed by atoms with Crippen molar-refractivity contribution in [2.45, 2.75) is 40.4 Å². The van der Waals surface area contributed by atoms with Crippen LogP contribution in [0.15, 0.2) is 0 Å². The summed E-state index contributed by atoms with van der Waals surface area (Å²) in [6.45, 7) is 7.07. The van der Waals surface area contributed by atoms with Crippen molar-refractivity contribution in [3.05, 3.63) is 0 Å². The fourth-order valence-corrected chi connectivity index (χ4v) is 0. The van der Waals surface area contributed by atoms with Gasteiger partial charge in [-0.3, -0.25) is 0 Å². The molecular formula is C6H19NO2S. The zero-order chi connectivity index (χ0) is 8.08. The lowest BCUT2D eigenvalue weighted by Gasteiger charge is -1.96. The molecule has 10 heavy (non-hydrogen) atoms. The molecule has 0 rings (SSSR count). The molecule has 66 valence electrons. The Labute approximate surface area is 64.7 Å². The molecule has 0 aliphatic rings. The molecule has 0 radical (unpaired) electrons. The summed E-state index contributed by atoms with van der Waals surface area (Å²) in [5.41, 5.74) is 0. The van der Waals surface area contributed by atoms with Crippen LogP contribution in [-0.4, -0.2) is 13.7 Å². The maximum atomic E-state index is 10.1. The number of primary sulfonamides is 1. The van der Waals surface area contributed by atoms with Gasteiger partial charge >= 0.3 is 0 Å². The van der Waals surface area contributed by atoms with Crippen molar-refractivity contribution in [1.82, 2.24) is 0 Å². The third-order valence-corrected chi connectivity index (χ3v) is 1.97. The number of hydrogen-bond acceptors (Lipinski definition) is 2. The van der Waals surface area contributed by atoms with Gasteiger partial charge < -0.3 is 0 Å². The Morgan fingerprint density at radius 1 is 1.20 bits per heavy atom. The Kier molecular flexibility index (Phi) is 11.6. The highest BCUT2D eigenvalue weighted by molar-refractivity contribution is 7.89. The lowest BCUT2D eigenvalue weighted by atomic mass is 10.6. The van der Waals surface area contributed by atoms with E-state index in [-0.39, 0.29) is 7.43 Å². The van der Waals surface area contributed by atoms with E-state index >= 15 is 0 Å². The Bertz CT molecular complexity index is 138. The first-order valence-electron chi connectivity index (χ1n) is 2.96. The van der Waals surface area contributed by atoms with E-state index in [0.29, 0.717) is 0 Å². The predicted octanol–water partition coefficient (Wildman–Crippen LogP) is 1.35.